The van der Waals surface area contributed by atoms with E-state index >= 15 is 0 Å². The third-order valence-electron chi connectivity index (χ3n) is 6.20. The van der Waals surface area contributed by atoms with Gasteiger partial charge in [-0.05, 0) is 31.9 Å². The molecule has 0 N–H and O–H groups in total. The predicted octanol–water partition coefficient (Wildman–Crippen LogP) is 2.48. The minimum atomic E-state index is -0.215. The number of rotatable bonds is 7. The first-order chi connectivity index (χ1) is 14.0. The van der Waals surface area contributed by atoms with Gasteiger partial charge in [-0.3, -0.25) is 14.5 Å². The molecular weight excluding hydrogens is 366 g/mol. The summed E-state index contributed by atoms with van der Waals surface area (Å²) in [5.74, 6) is 0.121. The first-order valence-corrected chi connectivity index (χ1v) is 10.9. The van der Waals surface area contributed by atoms with Gasteiger partial charge < -0.3 is 14.5 Å². The van der Waals surface area contributed by atoms with Crippen molar-refractivity contribution in [3.8, 4) is 0 Å². The molecule has 0 aromatic heterocycles. The maximum Gasteiger partial charge on any atom is 0.228 e. The molecule has 0 spiro atoms. The number of carbonyl (C=O) groups is 2. The fraction of sp³-hybridized carbons (Fsp3) is 0.652. The zero-order chi connectivity index (χ0) is 20.8. The van der Waals surface area contributed by atoms with E-state index < -0.39 is 0 Å². The van der Waals surface area contributed by atoms with Gasteiger partial charge >= 0.3 is 0 Å². The van der Waals surface area contributed by atoms with Gasteiger partial charge in [0, 0.05) is 46.3 Å². The van der Waals surface area contributed by atoms with Crippen molar-refractivity contribution >= 4 is 11.8 Å². The lowest BCUT2D eigenvalue weighted by Crippen LogP contribution is -2.54. The van der Waals surface area contributed by atoms with E-state index in [1.165, 1.54) is 5.56 Å². The van der Waals surface area contributed by atoms with Crippen LogP contribution in [0.5, 0.6) is 0 Å². The number of likely N-dealkylation sites (tertiary alicyclic amines) is 1. The molecular formula is C23H35N3O3. The van der Waals surface area contributed by atoms with Crippen LogP contribution in [0.3, 0.4) is 0 Å². The van der Waals surface area contributed by atoms with Gasteiger partial charge in [-0.2, -0.15) is 0 Å². The smallest absolute Gasteiger partial charge is 0.228 e. The van der Waals surface area contributed by atoms with Crippen molar-refractivity contribution < 1.29 is 14.3 Å². The van der Waals surface area contributed by atoms with Crippen LogP contribution in [0, 0.1) is 12.8 Å². The van der Waals surface area contributed by atoms with Gasteiger partial charge in [-0.1, -0.05) is 36.8 Å². The Bertz CT molecular complexity index is 683. The Labute approximate surface area is 174 Å². The summed E-state index contributed by atoms with van der Waals surface area (Å²) < 4.78 is 5.25. The number of aryl methyl sites for hydroxylation is 1. The molecule has 2 amide bonds. The van der Waals surface area contributed by atoms with Crippen molar-refractivity contribution in [2.75, 3.05) is 53.0 Å². The summed E-state index contributed by atoms with van der Waals surface area (Å²) in [6, 6.07) is 8.05. The third kappa shape index (κ3) is 5.17. The number of methoxy groups -OCH3 is 1. The Morgan fingerprint density at radius 3 is 2.41 bits per heavy atom. The SMILES string of the molecule is CCCN1CCN(C(=O)[C@@H]2CCC(=O)N(CCOC)[C@@H]2c2ccc(C)cc2)CC1. The molecule has 0 radical (unpaired) electrons. The highest BCUT2D eigenvalue weighted by Gasteiger charge is 2.42. The van der Waals surface area contributed by atoms with Crippen LogP contribution in [0.4, 0.5) is 0 Å². The van der Waals surface area contributed by atoms with Crippen LogP contribution in [0.25, 0.3) is 0 Å². The molecule has 29 heavy (non-hydrogen) atoms. The summed E-state index contributed by atoms with van der Waals surface area (Å²) in [7, 11) is 1.65. The van der Waals surface area contributed by atoms with Gasteiger partial charge in [0.2, 0.25) is 11.8 Å². The first kappa shape index (κ1) is 21.8. The number of benzene rings is 1. The van der Waals surface area contributed by atoms with Crippen LogP contribution < -0.4 is 0 Å². The topological polar surface area (TPSA) is 53.1 Å². The normalized spacial score (nSPS) is 23.5. The number of nitrogens with zero attached hydrogens (tertiary/aromatic N) is 3. The highest BCUT2D eigenvalue weighted by molar-refractivity contribution is 5.85. The highest BCUT2D eigenvalue weighted by atomic mass is 16.5. The second-order valence-corrected chi connectivity index (χ2v) is 8.25. The standard InChI is InChI=1S/C23H35N3O3/c1-4-11-24-12-14-25(15-13-24)23(28)20-9-10-21(27)26(16-17-29-3)22(20)19-7-5-18(2)6-8-19/h5-8,20,22H,4,9-17H2,1-3H3/t20-,22-/m1/s1. The number of hydrogen-bond donors (Lipinski definition) is 0. The molecule has 0 unspecified atom stereocenters. The van der Waals surface area contributed by atoms with Crippen molar-refractivity contribution in [3.63, 3.8) is 0 Å². The van der Waals surface area contributed by atoms with Gasteiger partial charge in [0.25, 0.3) is 0 Å². The Morgan fingerprint density at radius 1 is 1.10 bits per heavy atom. The number of carbonyl (C=O) groups excluding carboxylic acids is 2. The Morgan fingerprint density at radius 2 is 1.79 bits per heavy atom. The van der Waals surface area contributed by atoms with Crippen molar-refractivity contribution in [3.05, 3.63) is 35.4 Å². The average molecular weight is 402 g/mol. The molecule has 2 fully saturated rings. The van der Waals surface area contributed by atoms with Crippen molar-refractivity contribution in [1.29, 1.82) is 0 Å². The minimum Gasteiger partial charge on any atom is -0.383 e. The van der Waals surface area contributed by atoms with Gasteiger partial charge in [-0.15, -0.1) is 0 Å². The van der Waals surface area contributed by atoms with Gasteiger partial charge in [0.15, 0.2) is 0 Å². The molecule has 160 valence electrons. The van der Waals surface area contributed by atoms with E-state index in [-0.39, 0.29) is 23.8 Å². The van der Waals surface area contributed by atoms with Crippen molar-refractivity contribution in [1.82, 2.24) is 14.7 Å². The fourth-order valence-corrected chi connectivity index (χ4v) is 4.58. The van der Waals surface area contributed by atoms with Crippen molar-refractivity contribution in [2.24, 2.45) is 5.92 Å². The van der Waals surface area contributed by atoms with E-state index in [9.17, 15) is 9.59 Å². The third-order valence-corrected chi connectivity index (χ3v) is 6.20. The molecule has 0 saturated carbocycles. The first-order valence-electron chi connectivity index (χ1n) is 10.9. The molecule has 0 bridgehead atoms. The van der Waals surface area contributed by atoms with Crippen LogP contribution in [-0.2, 0) is 14.3 Å². The molecule has 2 heterocycles. The van der Waals surface area contributed by atoms with E-state index in [1.807, 2.05) is 9.80 Å². The molecule has 1 aromatic carbocycles. The summed E-state index contributed by atoms with van der Waals surface area (Å²) in [4.78, 5) is 32.6. The molecule has 3 rings (SSSR count). The molecule has 2 saturated heterocycles. The molecule has 2 atom stereocenters. The van der Waals surface area contributed by atoms with Crippen LogP contribution in [0.15, 0.2) is 24.3 Å². The summed E-state index contributed by atoms with van der Waals surface area (Å²) in [5, 5.41) is 0. The van der Waals surface area contributed by atoms with Crippen LogP contribution in [0.2, 0.25) is 0 Å². The van der Waals surface area contributed by atoms with Crippen molar-refractivity contribution in [2.45, 2.75) is 39.2 Å². The van der Waals surface area contributed by atoms with E-state index in [1.54, 1.807) is 7.11 Å². The minimum absolute atomic E-state index is 0.115. The Kier molecular flexibility index (Phi) is 7.67. The number of amides is 2. The Hall–Kier alpha value is -1.92. The fourth-order valence-electron chi connectivity index (χ4n) is 4.58. The van der Waals surface area contributed by atoms with Gasteiger partial charge in [0.05, 0.1) is 18.6 Å². The zero-order valence-corrected chi connectivity index (χ0v) is 18.1. The Balaban J connectivity index is 1.81. The lowest BCUT2D eigenvalue weighted by atomic mass is 9.83. The largest absolute Gasteiger partial charge is 0.383 e. The maximum absolute atomic E-state index is 13.5. The number of piperidine rings is 1. The highest BCUT2D eigenvalue weighted by Crippen LogP contribution is 2.38. The van der Waals surface area contributed by atoms with Crippen LogP contribution in [-0.4, -0.2) is 79.5 Å². The molecule has 6 heteroatoms. The summed E-state index contributed by atoms with van der Waals surface area (Å²) in [6.07, 6.45) is 2.19. The second-order valence-electron chi connectivity index (χ2n) is 8.25. The van der Waals surface area contributed by atoms with E-state index in [2.05, 4.69) is 43.0 Å². The predicted molar refractivity (Wildman–Crippen MR) is 114 cm³/mol. The number of piperazine rings is 1. The average Bonchev–Trinajstić information content (AvgIpc) is 2.74. The van der Waals surface area contributed by atoms with E-state index in [0.29, 0.717) is 26.0 Å². The number of hydrogen-bond acceptors (Lipinski definition) is 4. The molecule has 1 aromatic rings. The lowest BCUT2D eigenvalue weighted by molar-refractivity contribution is -0.149. The monoisotopic (exact) mass is 401 g/mol. The number of ether oxygens (including phenoxy) is 1. The van der Waals surface area contributed by atoms with Crippen LogP contribution >= 0.6 is 0 Å². The molecule has 0 aliphatic carbocycles. The second kappa shape index (κ2) is 10.2. The molecule has 6 nitrogen and oxygen atoms in total. The zero-order valence-electron chi connectivity index (χ0n) is 18.1. The summed E-state index contributed by atoms with van der Waals surface area (Å²) >= 11 is 0. The summed E-state index contributed by atoms with van der Waals surface area (Å²) in [6.45, 7) is 9.77. The van der Waals surface area contributed by atoms with E-state index in [4.69, 9.17) is 4.74 Å². The molecule has 2 aliphatic rings. The van der Waals surface area contributed by atoms with E-state index in [0.717, 1.165) is 44.7 Å². The van der Waals surface area contributed by atoms with Gasteiger partial charge in [-0.25, -0.2) is 0 Å². The van der Waals surface area contributed by atoms with Crippen LogP contribution in [0.1, 0.15) is 43.4 Å². The van der Waals surface area contributed by atoms with Gasteiger partial charge in [0.1, 0.15) is 0 Å². The lowest BCUT2D eigenvalue weighted by Gasteiger charge is -2.44. The molecule has 2 aliphatic heterocycles. The summed E-state index contributed by atoms with van der Waals surface area (Å²) in [5.41, 5.74) is 2.22. The maximum atomic E-state index is 13.5. The quantitative estimate of drug-likeness (QED) is 0.704.